The zero-order valence-corrected chi connectivity index (χ0v) is 19.0. The standard InChI is InChI=1S/C23H21N3O7S/c1-32-19-9-12-22(33-2)21(15-19)25-34(30,31)20-10-7-17(8-11-20)24-23(27)13-6-16-4-3-5-18(14-16)26(28)29/h3-15,25H,1-2H3,(H,24,27). The third-order valence-corrected chi connectivity index (χ3v) is 5.97. The van der Waals surface area contributed by atoms with E-state index in [2.05, 4.69) is 10.0 Å². The monoisotopic (exact) mass is 483 g/mol. The van der Waals surface area contributed by atoms with Gasteiger partial charge in [-0.2, -0.15) is 0 Å². The smallest absolute Gasteiger partial charge is 0.270 e. The zero-order chi connectivity index (χ0) is 24.7. The number of non-ortho nitro benzene ring substituents is 1. The number of ether oxygens (including phenoxy) is 2. The maximum atomic E-state index is 12.8. The number of anilines is 2. The molecule has 0 saturated heterocycles. The van der Waals surface area contributed by atoms with Gasteiger partial charge in [0.15, 0.2) is 0 Å². The molecular formula is C23H21N3O7S. The number of hydrogen-bond acceptors (Lipinski definition) is 7. The number of nitrogens with one attached hydrogen (secondary N) is 2. The van der Waals surface area contributed by atoms with Crippen molar-refractivity contribution >= 4 is 39.1 Å². The number of sulfonamides is 1. The van der Waals surface area contributed by atoms with E-state index in [1.165, 1.54) is 74.9 Å². The summed E-state index contributed by atoms with van der Waals surface area (Å²) in [5.41, 5.74) is 0.987. The van der Waals surface area contributed by atoms with Gasteiger partial charge >= 0.3 is 0 Å². The topological polar surface area (TPSA) is 137 Å². The van der Waals surface area contributed by atoms with Crippen LogP contribution in [0.2, 0.25) is 0 Å². The van der Waals surface area contributed by atoms with Crippen LogP contribution in [0.4, 0.5) is 17.1 Å². The molecule has 2 N–H and O–H groups in total. The van der Waals surface area contributed by atoms with Crippen LogP contribution in [0.15, 0.2) is 77.7 Å². The summed E-state index contributed by atoms with van der Waals surface area (Å²) in [5.74, 6) is 0.292. The molecule has 0 aliphatic heterocycles. The minimum absolute atomic E-state index is 0.0255. The van der Waals surface area contributed by atoms with Gasteiger partial charge in [-0.15, -0.1) is 0 Å². The second-order valence-corrected chi connectivity index (χ2v) is 8.55. The summed E-state index contributed by atoms with van der Waals surface area (Å²) >= 11 is 0. The van der Waals surface area contributed by atoms with Crippen molar-refractivity contribution in [3.8, 4) is 11.5 Å². The second kappa shape index (κ2) is 10.5. The van der Waals surface area contributed by atoms with Crippen molar-refractivity contribution in [3.05, 3.63) is 88.5 Å². The molecule has 0 spiro atoms. The number of carbonyl (C=O) groups is 1. The summed E-state index contributed by atoms with van der Waals surface area (Å²) in [6.07, 6.45) is 2.66. The molecule has 3 aromatic carbocycles. The number of nitro groups is 1. The lowest BCUT2D eigenvalue weighted by Crippen LogP contribution is -2.14. The molecule has 0 unspecified atom stereocenters. The maximum Gasteiger partial charge on any atom is 0.270 e. The highest BCUT2D eigenvalue weighted by Crippen LogP contribution is 2.31. The summed E-state index contributed by atoms with van der Waals surface area (Å²) in [5, 5.41) is 13.4. The predicted octanol–water partition coefficient (Wildman–Crippen LogP) is 4.06. The minimum atomic E-state index is -3.94. The fourth-order valence-electron chi connectivity index (χ4n) is 2.91. The number of methoxy groups -OCH3 is 2. The van der Waals surface area contributed by atoms with Crippen molar-refractivity contribution in [2.45, 2.75) is 4.90 Å². The van der Waals surface area contributed by atoms with Crippen molar-refractivity contribution in [2.24, 2.45) is 0 Å². The molecule has 1 amide bonds. The van der Waals surface area contributed by atoms with E-state index in [9.17, 15) is 23.3 Å². The Morgan fingerprint density at radius 2 is 1.74 bits per heavy atom. The number of carbonyl (C=O) groups excluding carboxylic acids is 1. The predicted molar refractivity (Wildman–Crippen MR) is 128 cm³/mol. The maximum absolute atomic E-state index is 12.8. The summed E-state index contributed by atoms with van der Waals surface area (Å²) in [4.78, 5) is 22.5. The van der Waals surface area contributed by atoms with Crippen molar-refractivity contribution in [2.75, 3.05) is 24.3 Å². The van der Waals surface area contributed by atoms with Crippen LogP contribution >= 0.6 is 0 Å². The lowest BCUT2D eigenvalue weighted by molar-refractivity contribution is -0.384. The Hall–Kier alpha value is -4.38. The lowest BCUT2D eigenvalue weighted by Gasteiger charge is -2.13. The molecule has 3 rings (SSSR count). The Balaban J connectivity index is 1.69. The average molecular weight is 484 g/mol. The largest absolute Gasteiger partial charge is 0.497 e. The van der Waals surface area contributed by atoms with E-state index in [4.69, 9.17) is 9.47 Å². The van der Waals surface area contributed by atoms with Crippen molar-refractivity contribution in [1.29, 1.82) is 0 Å². The van der Waals surface area contributed by atoms with E-state index < -0.39 is 20.9 Å². The first kappa shape index (κ1) is 24.3. The quantitative estimate of drug-likeness (QED) is 0.266. The Morgan fingerprint density at radius 1 is 1.00 bits per heavy atom. The van der Waals surface area contributed by atoms with Gasteiger partial charge in [-0.25, -0.2) is 8.42 Å². The van der Waals surface area contributed by atoms with Gasteiger partial charge in [0.2, 0.25) is 5.91 Å². The normalized spacial score (nSPS) is 11.1. The highest BCUT2D eigenvalue weighted by Gasteiger charge is 2.17. The van der Waals surface area contributed by atoms with Gasteiger partial charge in [0, 0.05) is 30.0 Å². The molecule has 34 heavy (non-hydrogen) atoms. The fourth-order valence-corrected chi connectivity index (χ4v) is 3.97. The van der Waals surface area contributed by atoms with Crippen LogP contribution < -0.4 is 19.5 Å². The third kappa shape index (κ3) is 6.11. The molecule has 0 bridgehead atoms. The first-order chi connectivity index (χ1) is 16.2. The molecule has 0 aromatic heterocycles. The van der Waals surface area contributed by atoms with Gasteiger partial charge in [-0.05, 0) is 48.0 Å². The molecule has 176 valence electrons. The summed E-state index contributed by atoms with van der Waals surface area (Å²) in [6.45, 7) is 0. The van der Waals surface area contributed by atoms with Crippen LogP contribution in [0.1, 0.15) is 5.56 Å². The van der Waals surface area contributed by atoms with E-state index in [-0.39, 0.29) is 16.3 Å². The number of rotatable bonds is 9. The highest BCUT2D eigenvalue weighted by atomic mass is 32.2. The summed E-state index contributed by atoms with van der Waals surface area (Å²) in [7, 11) is -1.06. The van der Waals surface area contributed by atoms with Crippen LogP contribution in [-0.2, 0) is 14.8 Å². The van der Waals surface area contributed by atoms with Gasteiger partial charge in [-0.1, -0.05) is 12.1 Å². The average Bonchev–Trinajstić information content (AvgIpc) is 2.83. The van der Waals surface area contributed by atoms with Crippen LogP contribution in [-0.4, -0.2) is 33.5 Å². The van der Waals surface area contributed by atoms with Gasteiger partial charge in [0.1, 0.15) is 11.5 Å². The molecule has 3 aromatic rings. The van der Waals surface area contributed by atoms with Crippen LogP contribution in [0.5, 0.6) is 11.5 Å². The molecule has 0 aliphatic carbocycles. The third-order valence-electron chi connectivity index (χ3n) is 4.59. The van der Waals surface area contributed by atoms with E-state index in [0.29, 0.717) is 22.7 Å². The van der Waals surface area contributed by atoms with Crippen molar-refractivity contribution in [1.82, 2.24) is 0 Å². The van der Waals surface area contributed by atoms with Crippen molar-refractivity contribution in [3.63, 3.8) is 0 Å². The Bertz CT molecular complexity index is 1340. The molecule has 0 aliphatic rings. The SMILES string of the molecule is COc1ccc(OC)c(NS(=O)(=O)c2ccc(NC(=O)C=Cc3cccc([N+](=O)[O-])c3)cc2)c1. The van der Waals surface area contributed by atoms with Crippen LogP contribution in [0.3, 0.4) is 0 Å². The number of nitro benzene ring substituents is 1. The Kier molecular flexibility index (Phi) is 7.49. The number of hydrogen-bond donors (Lipinski definition) is 2. The minimum Gasteiger partial charge on any atom is -0.497 e. The fraction of sp³-hybridized carbons (Fsp3) is 0.0870. The molecule has 0 radical (unpaired) electrons. The van der Waals surface area contributed by atoms with Crippen LogP contribution in [0, 0.1) is 10.1 Å². The number of benzene rings is 3. The number of nitrogens with zero attached hydrogens (tertiary/aromatic N) is 1. The molecule has 10 nitrogen and oxygen atoms in total. The molecule has 0 saturated carbocycles. The van der Waals surface area contributed by atoms with Gasteiger partial charge in [-0.3, -0.25) is 19.6 Å². The first-order valence-electron chi connectivity index (χ1n) is 9.80. The molecule has 0 fully saturated rings. The van der Waals surface area contributed by atoms with Gasteiger partial charge in [0.25, 0.3) is 15.7 Å². The molecule has 0 atom stereocenters. The van der Waals surface area contributed by atoms with E-state index in [1.54, 1.807) is 18.2 Å². The van der Waals surface area contributed by atoms with Crippen molar-refractivity contribution < 1.29 is 27.6 Å². The lowest BCUT2D eigenvalue weighted by atomic mass is 10.2. The zero-order valence-electron chi connectivity index (χ0n) is 18.2. The molecule has 11 heteroatoms. The Morgan fingerprint density at radius 3 is 2.38 bits per heavy atom. The van der Waals surface area contributed by atoms with Crippen LogP contribution in [0.25, 0.3) is 6.08 Å². The van der Waals surface area contributed by atoms with E-state index >= 15 is 0 Å². The molecule has 0 heterocycles. The molecular weight excluding hydrogens is 462 g/mol. The van der Waals surface area contributed by atoms with Gasteiger partial charge < -0.3 is 14.8 Å². The van der Waals surface area contributed by atoms with Gasteiger partial charge in [0.05, 0.1) is 29.7 Å². The Labute approximate surface area is 196 Å². The number of amides is 1. The van der Waals surface area contributed by atoms with E-state index in [0.717, 1.165) is 0 Å². The van der Waals surface area contributed by atoms with E-state index in [1.807, 2.05) is 0 Å². The first-order valence-corrected chi connectivity index (χ1v) is 11.3. The second-order valence-electron chi connectivity index (χ2n) is 6.87. The summed E-state index contributed by atoms with van der Waals surface area (Å²) in [6, 6.07) is 16.1. The highest BCUT2D eigenvalue weighted by molar-refractivity contribution is 7.92. The summed E-state index contributed by atoms with van der Waals surface area (Å²) < 4.78 is 38.3.